The number of hydrogen-bond acceptors (Lipinski definition) is 4. The molecule has 0 amide bonds. The summed E-state index contributed by atoms with van der Waals surface area (Å²) in [5, 5.41) is 9.16. The molecule has 1 aromatic rings. The third kappa shape index (κ3) is 3.22. The minimum Gasteiger partial charge on any atom is -0.466 e. The van der Waals surface area contributed by atoms with Crippen LogP contribution in [-0.2, 0) is 16.0 Å². The molecule has 0 unspecified atom stereocenters. The van der Waals surface area contributed by atoms with Gasteiger partial charge in [0.05, 0.1) is 29.3 Å². The quantitative estimate of drug-likeness (QED) is 0.734. The Labute approximate surface area is 92.4 Å². The number of esters is 1. The molecule has 0 saturated heterocycles. The first-order valence-electron chi connectivity index (χ1n) is 4.37. The van der Waals surface area contributed by atoms with E-state index in [-0.39, 0.29) is 6.42 Å². The van der Waals surface area contributed by atoms with E-state index in [1.807, 2.05) is 6.07 Å². The van der Waals surface area contributed by atoms with Gasteiger partial charge in [-0.25, -0.2) is 0 Å². The van der Waals surface area contributed by atoms with Crippen molar-refractivity contribution in [2.24, 2.45) is 0 Å². The van der Waals surface area contributed by atoms with Crippen LogP contribution in [0.1, 0.15) is 18.2 Å². The van der Waals surface area contributed by atoms with Gasteiger partial charge in [-0.05, 0) is 13.0 Å². The fourth-order valence-corrected chi connectivity index (χ4v) is 1.21. The summed E-state index contributed by atoms with van der Waals surface area (Å²) < 4.78 is 4.75. The van der Waals surface area contributed by atoms with Crippen LogP contribution in [0.5, 0.6) is 0 Å². The van der Waals surface area contributed by atoms with Crippen LogP contribution in [0.15, 0.2) is 12.3 Å². The fourth-order valence-electron chi connectivity index (χ4n) is 1.05. The largest absolute Gasteiger partial charge is 0.466 e. The van der Waals surface area contributed by atoms with Gasteiger partial charge in [0.15, 0.2) is 0 Å². The Morgan fingerprint density at radius 1 is 1.73 bits per heavy atom. The molecular formula is C10H9ClN2O2. The van der Waals surface area contributed by atoms with Crippen molar-refractivity contribution in [3.8, 4) is 6.07 Å². The minimum atomic E-state index is -0.399. The molecule has 0 aliphatic rings. The van der Waals surface area contributed by atoms with Gasteiger partial charge in [-0.1, -0.05) is 11.6 Å². The van der Waals surface area contributed by atoms with E-state index >= 15 is 0 Å². The molecule has 0 aliphatic heterocycles. The predicted molar refractivity (Wildman–Crippen MR) is 54.3 cm³/mol. The van der Waals surface area contributed by atoms with E-state index in [0.717, 1.165) is 0 Å². The summed E-state index contributed by atoms with van der Waals surface area (Å²) in [7, 11) is 0. The summed E-state index contributed by atoms with van der Waals surface area (Å²) in [4.78, 5) is 15.1. The van der Waals surface area contributed by atoms with Gasteiger partial charge >= 0.3 is 5.97 Å². The Morgan fingerprint density at radius 3 is 3.07 bits per heavy atom. The lowest BCUT2D eigenvalue weighted by Crippen LogP contribution is -2.10. The van der Waals surface area contributed by atoms with Crippen LogP contribution >= 0.6 is 11.6 Å². The van der Waals surface area contributed by atoms with E-state index < -0.39 is 5.97 Å². The van der Waals surface area contributed by atoms with Gasteiger partial charge in [0.2, 0.25) is 0 Å². The zero-order valence-electron chi connectivity index (χ0n) is 8.16. The molecule has 0 atom stereocenters. The van der Waals surface area contributed by atoms with Gasteiger partial charge in [0.25, 0.3) is 0 Å². The summed E-state index contributed by atoms with van der Waals surface area (Å²) in [6, 6.07) is 3.40. The lowest BCUT2D eigenvalue weighted by Gasteiger charge is -2.03. The predicted octanol–water partition coefficient (Wildman–Crippen LogP) is 1.71. The average Bonchev–Trinajstić information content (AvgIpc) is 2.21. The lowest BCUT2D eigenvalue weighted by atomic mass is 10.1. The highest BCUT2D eigenvalue weighted by atomic mass is 35.5. The number of pyridine rings is 1. The van der Waals surface area contributed by atoms with Crippen molar-refractivity contribution >= 4 is 17.6 Å². The number of nitriles is 1. The van der Waals surface area contributed by atoms with E-state index in [4.69, 9.17) is 21.6 Å². The Bertz CT molecular complexity index is 412. The van der Waals surface area contributed by atoms with Crippen molar-refractivity contribution in [2.45, 2.75) is 13.3 Å². The molecule has 0 N–H and O–H groups in total. The highest BCUT2D eigenvalue weighted by Crippen LogP contribution is 2.13. The van der Waals surface area contributed by atoms with Crippen LogP contribution in [0.3, 0.4) is 0 Å². The maximum atomic E-state index is 11.2. The number of carbonyl (C=O) groups excluding carboxylic acids is 1. The molecule has 1 rings (SSSR count). The van der Waals surface area contributed by atoms with E-state index in [0.29, 0.717) is 22.9 Å². The molecule has 1 aromatic heterocycles. The smallest absolute Gasteiger partial charge is 0.311 e. The van der Waals surface area contributed by atoms with Crippen LogP contribution in [0.4, 0.5) is 0 Å². The second-order valence-electron chi connectivity index (χ2n) is 2.74. The Kier molecular flexibility index (Phi) is 4.07. The van der Waals surface area contributed by atoms with Gasteiger partial charge in [-0.2, -0.15) is 5.26 Å². The monoisotopic (exact) mass is 224 g/mol. The zero-order chi connectivity index (χ0) is 11.3. The van der Waals surface area contributed by atoms with Crippen molar-refractivity contribution in [1.29, 1.82) is 5.26 Å². The van der Waals surface area contributed by atoms with Crippen LogP contribution < -0.4 is 0 Å². The molecule has 78 valence electrons. The summed E-state index contributed by atoms with van der Waals surface area (Å²) >= 11 is 5.66. The maximum absolute atomic E-state index is 11.2. The number of nitrogens with zero attached hydrogens (tertiary/aromatic N) is 2. The Balaban J connectivity index is 2.86. The van der Waals surface area contributed by atoms with E-state index in [2.05, 4.69) is 4.98 Å². The van der Waals surface area contributed by atoms with Gasteiger partial charge in [0.1, 0.15) is 6.07 Å². The summed E-state index contributed by atoms with van der Waals surface area (Å²) in [6.07, 6.45) is 1.39. The van der Waals surface area contributed by atoms with Crippen LogP contribution in [0.2, 0.25) is 5.02 Å². The molecule has 0 bridgehead atoms. The molecule has 0 aliphatic carbocycles. The van der Waals surface area contributed by atoms with Crippen molar-refractivity contribution in [3.63, 3.8) is 0 Å². The average molecular weight is 225 g/mol. The first kappa shape index (κ1) is 11.5. The van der Waals surface area contributed by atoms with Gasteiger partial charge in [-0.3, -0.25) is 9.78 Å². The molecule has 0 saturated carbocycles. The second kappa shape index (κ2) is 5.32. The second-order valence-corrected chi connectivity index (χ2v) is 3.18. The highest BCUT2D eigenvalue weighted by Gasteiger charge is 2.10. The molecule has 5 heteroatoms. The molecule has 4 nitrogen and oxygen atoms in total. The first-order valence-corrected chi connectivity index (χ1v) is 4.75. The Hall–Kier alpha value is -1.60. The van der Waals surface area contributed by atoms with Crippen LogP contribution in [0.25, 0.3) is 0 Å². The summed E-state index contributed by atoms with van der Waals surface area (Å²) in [5.41, 5.74) is 0.691. The SMILES string of the molecule is CCOC(=O)Cc1ncc(Cl)cc1C#N. The highest BCUT2D eigenvalue weighted by molar-refractivity contribution is 6.30. The molecule has 15 heavy (non-hydrogen) atoms. The van der Waals surface area contributed by atoms with E-state index in [1.165, 1.54) is 12.3 Å². The molecule has 0 spiro atoms. The number of halogens is 1. The standard InChI is InChI=1S/C10H9ClN2O2/c1-2-15-10(14)4-9-7(5-12)3-8(11)6-13-9/h3,6H,2,4H2,1H3. The van der Waals surface area contributed by atoms with Crippen molar-refractivity contribution in [1.82, 2.24) is 4.98 Å². The third-order valence-corrected chi connectivity index (χ3v) is 1.88. The van der Waals surface area contributed by atoms with Gasteiger partial charge in [0, 0.05) is 6.20 Å². The summed E-state index contributed by atoms with van der Waals surface area (Å²) in [6.45, 7) is 2.03. The molecule has 0 radical (unpaired) electrons. The number of carbonyl (C=O) groups is 1. The van der Waals surface area contributed by atoms with E-state index in [1.54, 1.807) is 6.92 Å². The lowest BCUT2D eigenvalue weighted by molar-refractivity contribution is -0.142. The molecule has 0 fully saturated rings. The first-order chi connectivity index (χ1) is 7.17. The maximum Gasteiger partial charge on any atom is 0.311 e. The fraction of sp³-hybridized carbons (Fsp3) is 0.300. The number of ether oxygens (including phenoxy) is 1. The van der Waals surface area contributed by atoms with Crippen LogP contribution in [-0.4, -0.2) is 17.6 Å². The van der Waals surface area contributed by atoms with Gasteiger partial charge in [-0.15, -0.1) is 0 Å². The van der Waals surface area contributed by atoms with E-state index in [9.17, 15) is 4.79 Å². The Morgan fingerprint density at radius 2 is 2.47 bits per heavy atom. The summed E-state index contributed by atoms with van der Waals surface area (Å²) in [5.74, 6) is -0.399. The topological polar surface area (TPSA) is 63.0 Å². The number of rotatable bonds is 3. The molecular weight excluding hydrogens is 216 g/mol. The number of hydrogen-bond donors (Lipinski definition) is 0. The van der Waals surface area contributed by atoms with Crippen molar-refractivity contribution in [2.75, 3.05) is 6.61 Å². The normalized spacial score (nSPS) is 9.40. The van der Waals surface area contributed by atoms with Crippen LogP contribution in [0, 0.1) is 11.3 Å². The third-order valence-electron chi connectivity index (χ3n) is 1.67. The van der Waals surface area contributed by atoms with Gasteiger partial charge < -0.3 is 4.74 Å². The van der Waals surface area contributed by atoms with Crippen molar-refractivity contribution in [3.05, 3.63) is 28.5 Å². The minimum absolute atomic E-state index is 0.00605. The van der Waals surface area contributed by atoms with Crippen molar-refractivity contribution < 1.29 is 9.53 Å². The molecule has 1 heterocycles. The zero-order valence-corrected chi connectivity index (χ0v) is 8.91. The molecule has 0 aromatic carbocycles. The number of aromatic nitrogens is 1.